The van der Waals surface area contributed by atoms with Gasteiger partial charge >= 0.3 is 24.2 Å². The summed E-state index contributed by atoms with van der Waals surface area (Å²) in [5, 5.41) is 11.1. The van der Waals surface area contributed by atoms with E-state index in [4.69, 9.17) is 9.47 Å². The van der Waals surface area contributed by atoms with Crippen LogP contribution in [0.15, 0.2) is 24.3 Å². The van der Waals surface area contributed by atoms with Crippen LogP contribution in [0.2, 0.25) is 0 Å². The van der Waals surface area contributed by atoms with Gasteiger partial charge in [0.2, 0.25) is 17.7 Å². The third-order valence-electron chi connectivity index (χ3n) is 6.94. The van der Waals surface area contributed by atoms with Gasteiger partial charge in [-0.3, -0.25) is 24.1 Å². The minimum Gasteiger partial charge on any atom is -0.432 e. The number of likely N-dealkylation sites (N-methyl/N-ethyl adjacent to an activating group) is 1. The lowest BCUT2D eigenvalue weighted by molar-refractivity contribution is -0.270. The molecule has 17 heteroatoms. The lowest BCUT2D eigenvalue weighted by Gasteiger charge is -2.27. The number of anilines is 1. The van der Waals surface area contributed by atoms with Crippen LogP contribution in [0.4, 0.5) is 32.4 Å². The van der Waals surface area contributed by atoms with Gasteiger partial charge in [-0.25, -0.2) is 4.79 Å². The first-order valence-electron chi connectivity index (χ1n) is 12.8. The molecule has 0 radical (unpaired) electrons. The Morgan fingerprint density at radius 1 is 1.16 bits per heavy atom. The Hall–Kier alpha value is -4.49. The zero-order chi connectivity index (χ0) is 32.5. The molecule has 0 aliphatic carbocycles. The number of carbonyl (C=O) groups excluding carboxylic acids is 5. The van der Waals surface area contributed by atoms with Crippen molar-refractivity contribution in [3.8, 4) is 6.07 Å². The molecule has 43 heavy (non-hydrogen) atoms. The molecule has 0 unspecified atom stereocenters. The van der Waals surface area contributed by atoms with Crippen LogP contribution < -0.4 is 10.2 Å². The number of halogens is 5. The van der Waals surface area contributed by atoms with Crippen molar-refractivity contribution in [2.24, 2.45) is 0 Å². The van der Waals surface area contributed by atoms with Gasteiger partial charge in [-0.05, 0) is 32.4 Å². The number of hydrogen-bond acceptors (Lipinski definition) is 8. The first-order valence-corrected chi connectivity index (χ1v) is 12.8. The first-order chi connectivity index (χ1) is 19.9. The van der Waals surface area contributed by atoms with E-state index in [1.165, 1.54) is 10.2 Å². The number of ether oxygens (including phenoxy) is 2. The maximum atomic E-state index is 13.7. The smallest absolute Gasteiger partial charge is 0.432 e. The van der Waals surface area contributed by atoms with Crippen LogP contribution in [-0.4, -0.2) is 96.7 Å². The molecular formula is C26H28F5N5O7. The number of hydrogen-bond donors (Lipinski definition) is 1. The fourth-order valence-electron chi connectivity index (χ4n) is 4.88. The Labute approximate surface area is 242 Å². The molecule has 1 fully saturated rings. The Balaban J connectivity index is 1.75. The van der Waals surface area contributed by atoms with Crippen LogP contribution in [0.1, 0.15) is 32.8 Å². The van der Waals surface area contributed by atoms with E-state index in [9.17, 15) is 51.2 Å². The maximum Gasteiger partial charge on any atom is 0.510 e. The molecule has 2 aliphatic rings. The molecule has 0 bridgehead atoms. The predicted octanol–water partition coefficient (Wildman–Crippen LogP) is 2.08. The quantitative estimate of drug-likeness (QED) is 0.344. The van der Waals surface area contributed by atoms with Crippen molar-refractivity contribution in [1.29, 1.82) is 5.26 Å². The number of fused-ring (bicyclic) bond motifs is 2. The largest absolute Gasteiger partial charge is 0.510 e. The van der Waals surface area contributed by atoms with E-state index in [-0.39, 0.29) is 13.0 Å². The Bertz CT molecular complexity index is 1350. The van der Waals surface area contributed by atoms with Gasteiger partial charge in [0, 0.05) is 20.0 Å². The number of nitrogens with zero attached hydrogens (tertiary/aromatic N) is 4. The monoisotopic (exact) mass is 617 g/mol. The van der Waals surface area contributed by atoms with Crippen LogP contribution in [-0.2, 0) is 34.1 Å². The molecule has 234 valence electrons. The summed E-state index contributed by atoms with van der Waals surface area (Å²) in [5.41, 5.74) is -0.573. The summed E-state index contributed by atoms with van der Waals surface area (Å²) in [7, 11) is 1.04. The highest BCUT2D eigenvalue weighted by atomic mass is 19.4. The fourth-order valence-corrected chi connectivity index (χ4v) is 4.88. The summed E-state index contributed by atoms with van der Waals surface area (Å²) in [6, 6.07) is 5.42. The highest BCUT2D eigenvalue weighted by molar-refractivity contribution is 6.09. The first kappa shape index (κ1) is 33.0. The minimum absolute atomic E-state index is 0.144. The van der Waals surface area contributed by atoms with Gasteiger partial charge < -0.3 is 24.6 Å². The maximum absolute atomic E-state index is 13.7. The van der Waals surface area contributed by atoms with Crippen molar-refractivity contribution < 1.29 is 55.4 Å². The Morgan fingerprint density at radius 2 is 1.79 bits per heavy atom. The molecule has 1 saturated heterocycles. The second-order valence-electron chi connectivity index (χ2n) is 10.4. The Morgan fingerprint density at radius 3 is 2.37 bits per heavy atom. The molecule has 1 aromatic rings. The molecule has 4 amide bonds. The lowest BCUT2D eigenvalue weighted by atomic mass is 9.79. The molecule has 0 aromatic heterocycles. The zero-order valence-electron chi connectivity index (χ0n) is 23.4. The predicted molar refractivity (Wildman–Crippen MR) is 135 cm³/mol. The standard InChI is InChI=1S/C26H28F5N5O7/c1-14(2)43-23(41)42-13-36-18-8-6-5-7-17(18)24(22(36)40)9-16(10-32)35(12-24)19(37)11-34(4)20(38)15(3)33-21(39)25(27,28)26(29,30)31/h5-8,14-16H,9,11-13H2,1-4H3,(H,33,39)/t15-,16-,24-/m0/s1. The summed E-state index contributed by atoms with van der Waals surface area (Å²) in [6.45, 7) is 2.49. The molecule has 2 heterocycles. The molecule has 1 aromatic carbocycles. The average Bonchev–Trinajstić information content (AvgIpc) is 3.42. The van der Waals surface area contributed by atoms with Gasteiger partial charge in [0.25, 0.3) is 0 Å². The number of nitrogens with one attached hydrogen (secondary N) is 1. The average molecular weight is 618 g/mol. The van der Waals surface area contributed by atoms with Crippen molar-refractivity contribution in [3.63, 3.8) is 0 Å². The molecular weight excluding hydrogens is 589 g/mol. The molecule has 3 rings (SSSR count). The molecule has 12 nitrogen and oxygen atoms in total. The summed E-state index contributed by atoms with van der Waals surface area (Å²) >= 11 is 0. The van der Waals surface area contributed by atoms with Crippen molar-refractivity contribution >= 4 is 35.5 Å². The molecule has 1 N–H and O–H groups in total. The van der Waals surface area contributed by atoms with Crippen molar-refractivity contribution in [3.05, 3.63) is 29.8 Å². The van der Waals surface area contributed by atoms with Gasteiger partial charge in [0.05, 0.1) is 29.8 Å². The van der Waals surface area contributed by atoms with Crippen LogP contribution in [0, 0.1) is 11.3 Å². The third kappa shape index (κ3) is 6.32. The van der Waals surface area contributed by atoms with E-state index in [1.54, 1.807) is 38.1 Å². The zero-order valence-corrected chi connectivity index (χ0v) is 23.4. The van der Waals surface area contributed by atoms with Crippen LogP contribution in [0.5, 0.6) is 0 Å². The number of likely N-dealkylation sites (tertiary alicyclic amines) is 1. The van der Waals surface area contributed by atoms with Crippen LogP contribution in [0.3, 0.4) is 0 Å². The van der Waals surface area contributed by atoms with E-state index >= 15 is 0 Å². The summed E-state index contributed by atoms with van der Waals surface area (Å²) in [4.78, 5) is 65.8. The number of carbonyl (C=O) groups is 5. The third-order valence-corrected chi connectivity index (χ3v) is 6.94. The fraction of sp³-hybridized carbons (Fsp3) is 0.538. The van der Waals surface area contributed by atoms with Crippen molar-refractivity contribution in [1.82, 2.24) is 15.1 Å². The summed E-state index contributed by atoms with van der Waals surface area (Å²) < 4.78 is 74.0. The number of benzene rings is 1. The number of alkyl halides is 5. The number of amides is 4. The van der Waals surface area contributed by atoms with E-state index in [0.29, 0.717) is 16.2 Å². The van der Waals surface area contributed by atoms with E-state index in [1.807, 2.05) is 6.07 Å². The SMILES string of the molecule is CC(C)OC(=O)OCN1C(=O)[C@]2(C[C@@H](C#N)N(C(=O)CN(C)C(=O)[C@H](C)NC(=O)C(F)(F)C(F)(F)F)C2)c2ccccc21. The normalized spacial score (nSPS) is 20.5. The minimum atomic E-state index is -6.19. The van der Waals surface area contributed by atoms with Gasteiger partial charge in [-0.15, -0.1) is 0 Å². The topological polar surface area (TPSA) is 149 Å². The van der Waals surface area contributed by atoms with E-state index in [0.717, 1.165) is 18.9 Å². The van der Waals surface area contributed by atoms with E-state index < -0.39 is 78.8 Å². The Kier molecular flexibility index (Phi) is 9.23. The van der Waals surface area contributed by atoms with Crippen molar-refractivity contribution in [2.75, 3.05) is 31.8 Å². The molecule has 1 spiro atoms. The van der Waals surface area contributed by atoms with E-state index in [2.05, 4.69) is 0 Å². The van der Waals surface area contributed by atoms with Crippen molar-refractivity contribution in [2.45, 2.75) is 62.9 Å². The second kappa shape index (κ2) is 12.0. The van der Waals surface area contributed by atoms with Gasteiger partial charge in [-0.1, -0.05) is 18.2 Å². The molecule has 0 saturated carbocycles. The van der Waals surface area contributed by atoms with Crippen LogP contribution in [0.25, 0.3) is 0 Å². The number of nitriles is 1. The van der Waals surface area contributed by atoms with Gasteiger partial charge in [-0.2, -0.15) is 27.2 Å². The highest BCUT2D eigenvalue weighted by Crippen LogP contribution is 2.49. The number of rotatable bonds is 8. The highest BCUT2D eigenvalue weighted by Gasteiger charge is 2.64. The van der Waals surface area contributed by atoms with Gasteiger partial charge in [0.15, 0.2) is 6.73 Å². The molecule has 2 aliphatic heterocycles. The summed E-state index contributed by atoms with van der Waals surface area (Å²) in [6.07, 6.45) is -7.82. The second-order valence-corrected chi connectivity index (χ2v) is 10.4. The molecule has 3 atom stereocenters. The number of para-hydroxylation sites is 1. The van der Waals surface area contributed by atoms with Crippen LogP contribution >= 0.6 is 0 Å². The lowest BCUT2D eigenvalue weighted by Crippen LogP contribution is -2.56. The summed E-state index contributed by atoms with van der Waals surface area (Å²) in [5.74, 6) is -11.1. The van der Waals surface area contributed by atoms with Gasteiger partial charge in [0.1, 0.15) is 12.1 Å².